The molecule has 11 N–H and O–H groups in total. The molecule has 0 aliphatic carbocycles. The molecule has 5 heterocycles. The number of nitrogens with two attached hydrogens (primary N) is 2. The summed E-state index contributed by atoms with van der Waals surface area (Å²) in [4.78, 5) is 152. The van der Waals surface area contributed by atoms with Crippen molar-refractivity contribution >= 4 is 107 Å². The predicted molar refractivity (Wildman–Crippen MR) is 524 cm³/mol. The van der Waals surface area contributed by atoms with Gasteiger partial charge in [-0.1, -0.05) is 124 Å². The van der Waals surface area contributed by atoms with Crippen LogP contribution >= 0.6 is 12.4 Å². The van der Waals surface area contributed by atoms with E-state index in [1.54, 1.807) is 27.7 Å². The Morgan fingerprint density at radius 2 is 0.888 bits per heavy atom. The molecular weight excluding hydrogens is 1900 g/mol. The summed E-state index contributed by atoms with van der Waals surface area (Å²) in [7, 11) is 6.78. The number of aliphatic imine (C=N–C) groups is 2. The van der Waals surface area contributed by atoms with E-state index >= 15 is 0 Å². The number of primary amides is 1. The molecule has 5 aliphatic rings. The van der Waals surface area contributed by atoms with Gasteiger partial charge in [0.2, 0.25) is 5.91 Å². The Morgan fingerprint density at radius 3 is 1.18 bits per heavy atom. The smallest absolute Gasteiger partial charge is 0.330 e. The molecule has 30 nitrogen and oxygen atoms in total. The number of hydrogen-bond donors (Lipinski definition) is 9. The molecule has 5 aliphatic heterocycles. The van der Waals surface area contributed by atoms with Gasteiger partial charge in [0.25, 0.3) is 18.1 Å². The van der Waals surface area contributed by atoms with Crippen LogP contribution in [0.5, 0.6) is 0 Å². The van der Waals surface area contributed by atoms with Crippen molar-refractivity contribution in [3.63, 3.8) is 0 Å². The summed E-state index contributed by atoms with van der Waals surface area (Å²) in [6, 6.07) is 20.3. The van der Waals surface area contributed by atoms with Gasteiger partial charge in [0.15, 0.2) is 28.9 Å². The van der Waals surface area contributed by atoms with Gasteiger partial charge in [-0.2, -0.15) is 5.26 Å². The van der Waals surface area contributed by atoms with Crippen LogP contribution in [0.3, 0.4) is 0 Å². The molecule has 0 saturated carbocycles. The first kappa shape index (κ1) is 125. The number of amides is 9. The number of benzene rings is 6. The van der Waals surface area contributed by atoms with E-state index in [0.717, 1.165) is 92.5 Å². The van der Waals surface area contributed by atoms with Crippen molar-refractivity contribution in [1.29, 1.82) is 10.7 Å². The number of hydrogen-bond acceptors (Lipinski definition) is 22. The Kier molecular flexibility index (Phi) is 53.4. The number of Topliss-reactive ketones (excluding diaryl/α,β-unsaturated/α-hetero) is 7. The van der Waals surface area contributed by atoms with E-state index < -0.39 is 124 Å². The summed E-state index contributed by atoms with van der Waals surface area (Å²) < 4.78 is 149. The Bertz CT molecular complexity index is 5580. The van der Waals surface area contributed by atoms with Gasteiger partial charge >= 0.3 is 24.1 Å². The number of ketones is 7. The van der Waals surface area contributed by atoms with Crippen LogP contribution in [-0.4, -0.2) is 158 Å². The number of amidine groups is 3. The van der Waals surface area contributed by atoms with E-state index in [1.807, 2.05) is 45.9 Å². The predicted octanol–water partition coefficient (Wildman–Crippen LogP) is 18.7. The minimum Gasteiger partial charge on any atom is -0.469 e. The maximum absolute atomic E-state index is 14.3. The molecule has 4 atom stereocenters. The standard InChI is InChI=1S/C18H26N2.C16H17F2N3O3.C15H16F2N4O3.2C15H16F2N2O2.C13H12F2O2.C6H10O2.C2H6N2O.C2H6.ClH/c1-16(2)7-6-12-20-13-10-18(15-19,11-14-20)17-8-4-3-5-9-17;1-4-12-13(8(2)22)14(10-6-5-9(17)7-11(10)18)21(15(23)19-3)16(24)20-12;1-3-10-11(13(18)22)12(8-5-4-7(16)6-9(8)17)21(14(23)19-2)15(24)20-10;2*1-4-12-13(8(2)20)14(19-15(18-12)21-3)10-6-5-9(16)7-11(10)17;1-3-13(17)11(8(2)16)6-9-4-5-10(14)7-12(9)15;1-3-6(8)4-5(2)7;1-5-2(3)4;1-2;/h3-5,8-9,16H,6-7,10-14H2,1-2H3;5-7,14H,4H2,1-3H3,(H,19,23)(H,20,24);4-6,12H,3H2,1-2H3,(H2,18,22)(H,19,23)(H,20,24);2*5-7,14H,4H2,1-3H3,(H,18,19);4-7H,3H2,1-2H3;3-4H2,1-2H3;1H3,(H3,3,4);1-2H3;1H. The van der Waals surface area contributed by atoms with Gasteiger partial charge < -0.3 is 62.5 Å². The van der Waals surface area contributed by atoms with Gasteiger partial charge in [0, 0.05) is 125 Å². The molecule has 41 heteroatoms. The fourth-order valence-electron chi connectivity index (χ4n) is 14.7. The summed E-state index contributed by atoms with van der Waals surface area (Å²) >= 11 is 0. The third-order valence-electron chi connectivity index (χ3n) is 21.8. The summed E-state index contributed by atoms with van der Waals surface area (Å²) in [5.41, 5.74) is 13.3. The number of allylic oxidation sites excluding steroid dienone is 5. The summed E-state index contributed by atoms with van der Waals surface area (Å²) in [6.07, 6.45) is 8.03. The van der Waals surface area contributed by atoms with E-state index in [9.17, 15) is 107 Å². The highest BCUT2D eigenvalue weighted by Gasteiger charge is 2.45. The SMILES string of the molecule is CC.CC(C)CCCN1CCC(C#N)(c2ccccc2)CC1.CCC(=O)C(=Cc1ccc(F)cc1F)C(C)=O.CCC(=O)CC(C)=O.CCC1=C(C(C)=O)C(c2ccc(F)cc2F)N(C(=O)NC)C(=O)N1.CCC1=C(C(C)=O)C(c2ccc(F)cc2F)N=C(OC)N1.CCC1=C(C(C)=O)C(c2ccc(F)cc2F)N=C(OC)N1.CCC1=C(C(N)=O)C(c2ccc(F)cc2F)N(C(=O)NC)C(=O)N1.COC(=N)N.Cl. The quantitative estimate of drug-likeness (QED) is 0.00678. The van der Waals surface area contributed by atoms with E-state index in [2.05, 4.69) is 89.3 Å². The Balaban J connectivity index is 0.000000564. The average Bonchev–Trinajstić information content (AvgIpc) is 0.769. The van der Waals surface area contributed by atoms with Gasteiger partial charge in [-0.15, -0.1) is 12.4 Å². The zero-order valence-electron chi connectivity index (χ0n) is 83.6. The van der Waals surface area contributed by atoms with Crippen LogP contribution in [0.1, 0.15) is 232 Å². The van der Waals surface area contributed by atoms with Gasteiger partial charge in [-0.25, -0.2) is 82.9 Å². The summed E-state index contributed by atoms with van der Waals surface area (Å²) in [6.45, 7) is 29.1. The average molecular weight is 2030 g/mol. The van der Waals surface area contributed by atoms with Crippen molar-refractivity contribution < 1.29 is 116 Å². The van der Waals surface area contributed by atoms with Gasteiger partial charge in [-0.05, 0) is 160 Å². The van der Waals surface area contributed by atoms with Crippen molar-refractivity contribution in [1.82, 2.24) is 46.6 Å². The number of carbonyl (C=O) groups is 12. The molecule has 0 aromatic heterocycles. The molecule has 9 amide bonds. The highest BCUT2D eigenvalue weighted by molar-refractivity contribution is 6.22. The lowest BCUT2D eigenvalue weighted by Gasteiger charge is -2.37. The van der Waals surface area contributed by atoms with Crippen LogP contribution in [0, 0.1) is 80.8 Å². The zero-order valence-corrected chi connectivity index (χ0v) is 84.4. The third-order valence-corrected chi connectivity index (χ3v) is 21.8. The Morgan fingerprint density at radius 1 is 0.531 bits per heavy atom. The lowest BCUT2D eigenvalue weighted by molar-refractivity contribution is -0.126. The first-order chi connectivity index (χ1) is 67.1. The van der Waals surface area contributed by atoms with Gasteiger partial charge in [0.05, 0.1) is 50.4 Å². The van der Waals surface area contributed by atoms with E-state index in [1.165, 1.54) is 113 Å². The van der Waals surface area contributed by atoms with Crippen molar-refractivity contribution in [2.24, 2.45) is 27.4 Å². The largest absolute Gasteiger partial charge is 0.469 e. The maximum Gasteiger partial charge on any atom is 0.330 e. The molecule has 776 valence electrons. The number of halogens is 11. The van der Waals surface area contributed by atoms with Gasteiger partial charge in [-0.3, -0.25) is 43.8 Å². The number of nitriles is 1. The normalized spacial score (nSPS) is 16.0. The lowest BCUT2D eigenvalue weighted by atomic mass is 9.74. The second kappa shape index (κ2) is 61.3. The molecule has 0 bridgehead atoms. The second-order valence-corrected chi connectivity index (χ2v) is 31.9. The van der Waals surface area contributed by atoms with E-state index in [4.69, 9.17) is 20.6 Å². The number of carbonyl (C=O) groups excluding carboxylic acids is 12. The van der Waals surface area contributed by atoms with Crippen molar-refractivity contribution in [2.75, 3.05) is 55.1 Å². The van der Waals surface area contributed by atoms with E-state index in [0.29, 0.717) is 81.9 Å². The number of ether oxygens (including phenoxy) is 3. The number of piperidine rings is 1. The molecule has 4 unspecified atom stereocenters. The van der Waals surface area contributed by atoms with Crippen LogP contribution in [0.2, 0.25) is 0 Å². The van der Waals surface area contributed by atoms with Crippen LogP contribution in [0.25, 0.3) is 6.08 Å². The fraction of sp³-hybridized carbons (Fsp3) is 0.392. The monoisotopic (exact) mass is 2030 g/mol. The lowest BCUT2D eigenvalue weighted by Crippen LogP contribution is -2.54. The fourth-order valence-corrected chi connectivity index (χ4v) is 14.7. The van der Waals surface area contributed by atoms with Crippen molar-refractivity contribution in [2.45, 2.75) is 204 Å². The minimum atomic E-state index is -1.40. The molecule has 0 spiro atoms. The highest BCUT2D eigenvalue weighted by Crippen LogP contribution is 2.41. The molecule has 11 rings (SSSR count). The third kappa shape index (κ3) is 36.2. The highest BCUT2D eigenvalue weighted by atomic mass is 35.5. The van der Waals surface area contributed by atoms with Gasteiger partial charge in [0.1, 0.15) is 93.9 Å². The Labute approximate surface area is 832 Å². The first-order valence-electron chi connectivity index (χ1n) is 45.4. The zero-order chi connectivity index (χ0) is 107. The number of nitrogens with one attached hydrogen (secondary N) is 7. The molecule has 0 radical (unpaired) electrons. The topological polar surface area (TPSA) is 439 Å². The number of urea groups is 4. The first-order valence-corrected chi connectivity index (χ1v) is 45.4. The van der Waals surface area contributed by atoms with Crippen molar-refractivity contribution in [3.8, 4) is 6.07 Å². The second-order valence-electron chi connectivity index (χ2n) is 31.9. The number of methoxy groups -OCH3 is 3. The minimum absolute atomic E-state index is 0. The van der Waals surface area contributed by atoms with Crippen LogP contribution < -0.4 is 43.4 Å². The number of nitrogens with zero attached hydrogens (tertiary/aromatic N) is 6. The maximum atomic E-state index is 14.3. The summed E-state index contributed by atoms with van der Waals surface area (Å²) in [5, 5.41) is 31.2. The van der Waals surface area contributed by atoms with Crippen LogP contribution in [0.15, 0.2) is 182 Å². The number of rotatable bonds is 24. The molecule has 143 heavy (non-hydrogen) atoms. The van der Waals surface area contributed by atoms with Crippen LogP contribution in [-0.2, 0) is 58.0 Å². The van der Waals surface area contributed by atoms with Crippen molar-refractivity contribution in [3.05, 3.63) is 264 Å². The molecule has 1 saturated heterocycles. The molecule has 1 fully saturated rings. The number of likely N-dealkylation sites (tertiary alicyclic amines) is 1. The van der Waals surface area contributed by atoms with Crippen LogP contribution in [0.4, 0.5) is 63.1 Å². The Hall–Kier alpha value is -14.5. The molecular formula is C102H126ClF10N15O15. The molecule has 6 aromatic rings. The summed E-state index contributed by atoms with van der Waals surface area (Å²) in [5.74, 6) is -9.70. The number of imide groups is 2. The molecule has 6 aromatic carbocycles. The van der Waals surface area contributed by atoms with E-state index in [-0.39, 0.29) is 134 Å².